The van der Waals surface area contributed by atoms with Crippen LogP contribution in [0.25, 0.3) is 0 Å². The molecule has 0 spiro atoms. The second-order valence-corrected chi connectivity index (χ2v) is 8.48. The summed E-state index contributed by atoms with van der Waals surface area (Å²) in [5.74, 6) is 0. The molecule has 0 saturated carbocycles. The highest BCUT2D eigenvalue weighted by molar-refractivity contribution is 7.95. The van der Waals surface area contributed by atoms with Crippen molar-refractivity contribution in [2.24, 2.45) is 0 Å². The molecular formula is C17H25NO2S. The van der Waals surface area contributed by atoms with Gasteiger partial charge < -0.3 is 4.90 Å². The van der Waals surface area contributed by atoms with Gasteiger partial charge in [0.25, 0.3) is 0 Å². The molecular weight excluding hydrogens is 282 g/mol. The summed E-state index contributed by atoms with van der Waals surface area (Å²) in [7, 11) is 0.369. The van der Waals surface area contributed by atoms with Gasteiger partial charge in [0.2, 0.25) is 9.84 Å². The van der Waals surface area contributed by atoms with Crippen LogP contribution in [0, 0.1) is 0 Å². The summed E-state index contributed by atoms with van der Waals surface area (Å²) in [5.41, 5.74) is 1.14. The molecule has 0 saturated heterocycles. The number of hydrogen-bond acceptors (Lipinski definition) is 3. The minimum absolute atomic E-state index is 0.0155. The van der Waals surface area contributed by atoms with E-state index in [-0.39, 0.29) is 5.41 Å². The second-order valence-electron chi connectivity index (χ2n) is 6.36. The summed E-state index contributed by atoms with van der Waals surface area (Å²) < 4.78 is 24.9. The third-order valence-electron chi connectivity index (χ3n) is 3.17. The SMILES string of the molecule is CC(=CC=CN(C)C)S(=O)(=O)c1ccc(C(C)(C)C)cc1. The fraction of sp³-hybridized carbons (Fsp3) is 0.412. The highest BCUT2D eigenvalue weighted by Crippen LogP contribution is 2.25. The van der Waals surface area contributed by atoms with E-state index in [0.29, 0.717) is 9.80 Å². The van der Waals surface area contributed by atoms with E-state index in [1.165, 1.54) is 0 Å². The van der Waals surface area contributed by atoms with Gasteiger partial charge in [-0.3, -0.25) is 0 Å². The fourth-order valence-electron chi connectivity index (χ4n) is 1.76. The van der Waals surface area contributed by atoms with Gasteiger partial charge in [-0.05, 0) is 48.4 Å². The topological polar surface area (TPSA) is 37.4 Å². The van der Waals surface area contributed by atoms with Crippen LogP contribution in [-0.2, 0) is 15.3 Å². The van der Waals surface area contributed by atoms with E-state index in [1.54, 1.807) is 31.2 Å². The summed E-state index contributed by atoms with van der Waals surface area (Å²) >= 11 is 0. The van der Waals surface area contributed by atoms with Gasteiger partial charge in [0, 0.05) is 19.0 Å². The van der Waals surface area contributed by atoms with Crippen molar-refractivity contribution in [3.8, 4) is 0 Å². The molecule has 0 atom stereocenters. The van der Waals surface area contributed by atoms with Crippen LogP contribution in [0.3, 0.4) is 0 Å². The molecule has 0 aliphatic rings. The molecule has 0 radical (unpaired) electrons. The van der Waals surface area contributed by atoms with Crippen molar-refractivity contribution in [3.63, 3.8) is 0 Å². The lowest BCUT2D eigenvalue weighted by molar-refractivity contribution is 0.564. The van der Waals surface area contributed by atoms with Gasteiger partial charge in [-0.15, -0.1) is 0 Å². The van der Waals surface area contributed by atoms with Crippen molar-refractivity contribution in [2.75, 3.05) is 14.1 Å². The molecule has 116 valence electrons. The number of nitrogens with zero attached hydrogens (tertiary/aromatic N) is 1. The lowest BCUT2D eigenvalue weighted by Gasteiger charge is -2.19. The molecule has 0 bridgehead atoms. The van der Waals surface area contributed by atoms with Crippen LogP contribution in [0.15, 0.2) is 52.4 Å². The van der Waals surface area contributed by atoms with Crippen molar-refractivity contribution in [1.82, 2.24) is 4.90 Å². The van der Waals surface area contributed by atoms with Crippen LogP contribution < -0.4 is 0 Å². The summed E-state index contributed by atoms with van der Waals surface area (Å²) in [4.78, 5) is 2.53. The Morgan fingerprint density at radius 1 is 1.10 bits per heavy atom. The molecule has 0 aliphatic heterocycles. The molecule has 0 aliphatic carbocycles. The maximum atomic E-state index is 12.5. The quantitative estimate of drug-likeness (QED) is 0.795. The minimum Gasteiger partial charge on any atom is -0.383 e. The van der Waals surface area contributed by atoms with E-state index >= 15 is 0 Å². The third-order valence-corrected chi connectivity index (χ3v) is 5.05. The van der Waals surface area contributed by atoms with Crippen molar-refractivity contribution < 1.29 is 8.42 Å². The van der Waals surface area contributed by atoms with Crippen molar-refractivity contribution in [2.45, 2.75) is 38.0 Å². The second kappa shape index (κ2) is 6.48. The Kier molecular flexibility index (Phi) is 5.40. The van der Waals surface area contributed by atoms with Crippen LogP contribution in [0.5, 0.6) is 0 Å². The van der Waals surface area contributed by atoms with Crippen molar-refractivity contribution in [1.29, 1.82) is 0 Å². The van der Waals surface area contributed by atoms with Crippen LogP contribution >= 0.6 is 0 Å². The Labute approximate surface area is 128 Å². The molecule has 0 amide bonds. The first-order chi connectivity index (χ1) is 9.55. The molecule has 0 fully saturated rings. The van der Waals surface area contributed by atoms with E-state index in [4.69, 9.17) is 0 Å². The van der Waals surface area contributed by atoms with Crippen LogP contribution in [0.1, 0.15) is 33.3 Å². The first-order valence-electron chi connectivity index (χ1n) is 6.92. The first kappa shape index (κ1) is 17.5. The number of benzene rings is 1. The zero-order valence-corrected chi connectivity index (χ0v) is 14.5. The Morgan fingerprint density at radius 2 is 1.62 bits per heavy atom. The summed E-state index contributed by atoms with van der Waals surface area (Å²) in [6, 6.07) is 7.14. The highest BCUT2D eigenvalue weighted by Gasteiger charge is 2.18. The molecule has 3 nitrogen and oxygen atoms in total. The monoisotopic (exact) mass is 307 g/mol. The van der Waals surface area contributed by atoms with E-state index in [2.05, 4.69) is 20.8 Å². The van der Waals surface area contributed by atoms with Gasteiger partial charge in [-0.1, -0.05) is 32.9 Å². The molecule has 1 aromatic carbocycles. The Hall–Kier alpha value is -1.55. The first-order valence-corrected chi connectivity index (χ1v) is 8.40. The van der Waals surface area contributed by atoms with Crippen molar-refractivity contribution in [3.05, 3.63) is 53.1 Å². The van der Waals surface area contributed by atoms with Gasteiger partial charge in [0.1, 0.15) is 0 Å². The van der Waals surface area contributed by atoms with Gasteiger partial charge >= 0.3 is 0 Å². The van der Waals surface area contributed by atoms with E-state index in [1.807, 2.05) is 37.3 Å². The molecule has 21 heavy (non-hydrogen) atoms. The smallest absolute Gasteiger partial charge is 0.202 e. The standard InChI is InChI=1S/C17H25NO2S/c1-14(8-7-13-18(5)6)21(19,20)16-11-9-15(10-12-16)17(2,3)4/h7-13H,1-6H3. The fourth-order valence-corrected chi connectivity index (χ4v) is 2.88. The summed E-state index contributed by atoms with van der Waals surface area (Å²) in [5, 5.41) is 0. The largest absolute Gasteiger partial charge is 0.383 e. The number of hydrogen-bond donors (Lipinski definition) is 0. The third kappa shape index (κ3) is 4.74. The van der Waals surface area contributed by atoms with Gasteiger partial charge in [-0.2, -0.15) is 0 Å². The maximum Gasteiger partial charge on any atom is 0.202 e. The molecule has 0 unspecified atom stereocenters. The Bertz CT molecular complexity index is 630. The average molecular weight is 307 g/mol. The Balaban J connectivity index is 3.08. The molecule has 1 aromatic rings. The molecule has 1 rings (SSSR count). The highest BCUT2D eigenvalue weighted by atomic mass is 32.2. The lowest BCUT2D eigenvalue weighted by Crippen LogP contribution is -2.11. The van der Waals surface area contributed by atoms with Crippen LogP contribution in [-0.4, -0.2) is 27.4 Å². The molecule has 0 aromatic heterocycles. The minimum atomic E-state index is -3.41. The van der Waals surface area contributed by atoms with E-state index in [0.717, 1.165) is 5.56 Å². The van der Waals surface area contributed by atoms with E-state index < -0.39 is 9.84 Å². The van der Waals surface area contributed by atoms with Gasteiger partial charge in [0.05, 0.1) is 4.90 Å². The predicted molar refractivity (Wildman–Crippen MR) is 88.9 cm³/mol. The van der Waals surface area contributed by atoms with Crippen LogP contribution in [0.2, 0.25) is 0 Å². The summed E-state index contributed by atoms with van der Waals surface area (Å²) in [6.45, 7) is 7.93. The van der Waals surface area contributed by atoms with Gasteiger partial charge in [-0.25, -0.2) is 8.42 Å². The number of sulfone groups is 1. The van der Waals surface area contributed by atoms with Gasteiger partial charge in [0.15, 0.2) is 0 Å². The Morgan fingerprint density at radius 3 is 2.05 bits per heavy atom. The van der Waals surface area contributed by atoms with Crippen LogP contribution in [0.4, 0.5) is 0 Å². The number of allylic oxidation sites excluding steroid dienone is 3. The number of rotatable bonds is 4. The zero-order valence-electron chi connectivity index (χ0n) is 13.7. The summed E-state index contributed by atoms with van der Waals surface area (Å²) in [6.07, 6.45) is 5.16. The predicted octanol–water partition coefficient (Wildman–Crippen LogP) is 3.74. The zero-order chi connectivity index (χ0) is 16.3. The maximum absolute atomic E-state index is 12.5. The molecule has 0 heterocycles. The molecule has 4 heteroatoms. The van der Waals surface area contributed by atoms with Crippen molar-refractivity contribution >= 4 is 9.84 Å². The molecule has 0 N–H and O–H groups in total. The van der Waals surface area contributed by atoms with E-state index in [9.17, 15) is 8.42 Å². The average Bonchev–Trinajstić information content (AvgIpc) is 2.37. The lowest BCUT2D eigenvalue weighted by atomic mass is 9.87. The normalized spacial score (nSPS) is 13.7.